The Morgan fingerprint density at radius 2 is 2.19 bits per heavy atom. The van der Waals surface area contributed by atoms with Gasteiger partial charge in [-0.25, -0.2) is 13.1 Å². The zero-order chi connectivity index (χ0) is 15.0. The third kappa shape index (κ3) is 2.83. The maximum Gasteiger partial charge on any atom is 0.259 e. The fourth-order valence-corrected chi connectivity index (χ4v) is 5.44. The van der Waals surface area contributed by atoms with Crippen molar-refractivity contribution in [3.05, 3.63) is 41.0 Å². The molecule has 1 aromatic carbocycles. The lowest BCUT2D eigenvalue weighted by molar-refractivity contribution is 0.533. The molecule has 0 bridgehead atoms. The zero-order valence-corrected chi connectivity index (χ0v) is 13.7. The molecule has 1 atom stereocenters. The molecule has 2 aromatic rings. The van der Waals surface area contributed by atoms with Gasteiger partial charge >= 0.3 is 0 Å². The lowest BCUT2D eigenvalue weighted by Gasteiger charge is -2.25. The van der Waals surface area contributed by atoms with Crippen LogP contribution in [0.1, 0.15) is 18.0 Å². The number of nitrogens with one attached hydrogen (secondary N) is 1. The summed E-state index contributed by atoms with van der Waals surface area (Å²) >= 11 is 7.68. The predicted molar refractivity (Wildman–Crippen MR) is 83.1 cm³/mol. The zero-order valence-electron chi connectivity index (χ0n) is 11.3. The highest BCUT2D eigenvalue weighted by Crippen LogP contribution is 2.36. The number of fused-ring (bicyclic) bond motifs is 1. The first-order chi connectivity index (χ1) is 9.99. The van der Waals surface area contributed by atoms with E-state index in [0.717, 1.165) is 22.6 Å². The van der Waals surface area contributed by atoms with Gasteiger partial charge in [-0.3, -0.25) is 4.68 Å². The smallest absolute Gasteiger partial charge is 0.255 e. The topological polar surface area (TPSA) is 64.0 Å². The second-order valence-corrected chi connectivity index (χ2v) is 7.94. The molecule has 0 saturated heterocycles. The van der Waals surface area contributed by atoms with Gasteiger partial charge in [0.2, 0.25) is 0 Å². The lowest BCUT2D eigenvalue weighted by atomic mass is 10.1. The van der Waals surface area contributed by atoms with Crippen LogP contribution in [0.5, 0.6) is 0 Å². The SMILES string of the molecule is Cn1ncc(Cl)c1S(=O)(=O)NC1CCSc2ccccc21. The molecular weight excluding hydrogens is 330 g/mol. The minimum Gasteiger partial charge on any atom is -0.255 e. The molecule has 112 valence electrons. The minimum atomic E-state index is -3.71. The average Bonchev–Trinajstić information content (AvgIpc) is 2.79. The van der Waals surface area contributed by atoms with Crippen molar-refractivity contribution in [2.45, 2.75) is 22.4 Å². The van der Waals surface area contributed by atoms with Crippen LogP contribution < -0.4 is 4.72 Å². The van der Waals surface area contributed by atoms with E-state index in [2.05, 4.69) is 9.82 Å². The Morgan fingerprint density at radius 1 is 1.43 bits per heavy atom. The van der Waals surface area contributed by atoms with Crippen LogP contribution in [0, 0.1) is 0 Å². The van der Waals surface area contributed by atoms with Crippen molar-refractivity contribution in [3.63, 3.8) is 0 Å². The van der Waals surface area contributed by atoms with E-state index in [0.29, 0.717) is 0 Å². The number of aromatic nitrogens is 2. The fourth-order valence-electron chi connectivity index (χ4n) is 2.41. The summed E-state index contributed by atoms with van der Waals surface area (Å²) in [5, 5.41) is 4.01. The van der Waals surface area contributed by atoms with Crippen molar-refractivity contribution >= 4 is 33.4 Å². The van der Waals surface area contributed by atoms with Crippen LogP contribution in [0.4, 0.5) is 0 Å². The van der Waals surface area contributed by atoms with Gasteiger partial charge in [-0.15, -0.1) is 11.8 Å². The summed E-state index contributed by atoms with van der Waals surface area (Å²) in [6.07, 6.45) is 2.08. The van der Waals surface area contributed by atoms with Gasteiger partial charge in [0.1, 0.15) is 0 Å². The van der Waals surface area contributed by atoms with E-state index in [4.69, 9.17) is 11.6 Å². The number of benzene rings is 1. The third-order valence-corrected chi connectivity index (χ3v) is 6.45. The van der Waals surface area contributed by atoms with E-state index in [-0.39, 0.29) is 16.1 Å². The Bertz CT molecular complexity index is 754. The molecule has 0 saturated carbocycles. The van der Waals surface area contributed by atoms with Gasteiger partial charge in [-0.05, 0) is 23.8 Å². The average molecular weight is 344 g/mol. The molecule has 0 amide bonds. The number of nitrogens with zero attached hydrogens (tertiary/aromatic N) is 2. The number of aryl methyl sites for hydroxylation is 1. The summed E-state index contributed by atoms with van der Waals surface area (Å²) in [5.74, 6) is 0.878. The number of sulfonamides is 1. The Hall–Kier alpha value is -1.02. The highest BCUT2D eigenvalue weighted by atomic mass is 35.5. The van der Waals surface area contributed by atoms with Gasteiger partial charge in [-0.1, -0.05) is 29.8 Å². The van der Waals surface area contributed by atoms with Crippen molar-refractivity contribution in [1.82, 2.24) is 14.5 Å². The monoisotopic (exact) mass is 343 g/mol. The lowest BCUT2D eigenvalue weighted by Crippen LogP contribution is -2.32. The first-order valence-electron chi connectivity index (χ1n) is 6.40. The molecule has 2 heterocycles. The summed E-state index contributed by atoms with van der Waals surface area (Å²) in [6, 6.07) is 7.61. The van der Waals surface area contributed by atoms with Crippen molar-refractivity contribution in [3.8, 4) is 0 Å². The highest BCUT2D eigenvalue weighted by Gasteiger charge is 2.29. The minimum absolute atomic E-state index is 0.000116. The first kappa shape index (κ1) is 14.9. The molecule has 0 fully saturated rings. The molecule has 8 heteroatoms. The van der Waals surface area contributed by atoms with E-state index in [9.17, 15) is 8.42 Å². The van der Waals surface area contributed by atoms with Crippen molar-refractivity contribution < 1.29 is 8.42 Å². The van der Waals surface area contributed by atoms with Crippen molar-refractivity contribution in [2.75, 3.05) is 5.75 Å². The number of rotatable bonds is 3. The quantitative estimate of drug-likeness (QED) is 0.930. The van der Waals surface area contributed by atoms with E-state index >= 15 is 0 Å². The van der Waals surface area contributed by atoms with Crippen LogP contribution >= 0.6 is 23.4 Å². The summed E-state index contributed by atoms with van der Waals surface area (Å²) in [7, 11) is -2.15. The molecule has 1 aliphatic rings. The van der Waals surface area contributed by atoms with Gasteiger partial charge in [0, 0.05) is 18.0 Å². The molecule has 0 radical (unpaired) electrons. The molecule has 5 nitrogen and oxygen atoms in total. The van der Waals surface area contributed by atoms with Gasteiger partial charge in [0.05, 0.1) is 11.2 Å². The van der Waals surface area contributed by atoms with Gasteiger partial charge in [0.25, 0.3) is 10.0 Å². The number of halogens is 1. The van der Waals surface area contributed by atoms with Crippen LogP contribution in [0.25, 0.3) is 0 Å². The predicted octanol–water partition coefficient (Wildman–Crippen LogP) is 2.59. The third-order valence-electron chi connectivity index (χ3n) is 3.35. The Labute approximate surface area is 132 Å². The fraction of sp³-hybridized carbons (Fsp3) is 0.308. The maximum atomic E-state index is 12.5. The molecule has 1 aliphatic heterocycles. The normalized spacial score (nSPS) is 18.5. The highest BCUT2D eigenvalue weighted by molar-refractivity contribution is 7.99. The van der Waals surface area contributed by atoms with E-state index in [1.165, 1.54) is 10.9 Å². The van der Waals surface area contributed by atoms with Crippen molar-refractivity contribution in [2.24, 2.45) is 7.05 Å². The maximum absolute atomic E-state index is 12.5. The summed E-state index contributed by atoms with van der Waals surface area (Å²) in [5.41, 5.74) is 1.01. The summed E-state index contributed by atoms with van der Waals surface area (Å²) in [6.45, 7) is 0. The summed E-state index contributed by atoms with van der Waals surface area (Å²) in [4.78, 5) is 1.12. The van der Waals surface area contributed by atoms with E-state index < -0.39 is 10.0 Å². The van der Waals surface area contributed by atoms with E-state index in [1.54, 1.807) is 18.8 Å². The molecule has 0 aliphatic carbocycles. The number of hydrogen-bond acceptors (Lipinski definition) is 4. The Balaban J connectivity index is 1.94. The molecule has 0 spiro atoms. The molecule has 1 aromatic heterocycles. The molecule has 1 unspecified atom stereocenters. The van der Waals surface area contributed by atoms with Crippen molar-refractivity contribution in [1.29, 1.82) is 0 Å². The molecular formula is C13H14ClN3O2S2. The van der Waals surface area contributed by atoms with Crippen LogP contribution in [0.2, 0.25) is 5.02 Å². The van der Waals surface area contributed by atoms with Crippen LogP contribution in [0.15, 0.2) is 40.4 Å². The van der Waals surface area contributed by atoms with Gasteiger partial charge in [-0.2, -0.15) is 5.10 Å². The van der Waals surface area contributed by atoms with E-state index in [1.807, 2.05) is 24.3 Å². The Morgan fingerprint density at radius 3 is 2.90 bits per heavy atom. The first-order valence-corrected chi connectivity index (χ1v) is 9.25. The molecule has 1 N–H and O–H groups in total. The second-order valence-electron chi connectivity index (χ2n) is 4.77. The standard InChI is InChI=1S/C13H14ClN3O2S2/c1-17-13(10(14)8-15-17)21(18,19)16-11-6-7-20-12-5-3-2-4-9(11)12/h2-5,8,11,16H,6-7H2,1H3. The van der Waals surface area contributed by atoms with Crippen LogP contribution in [-0.2, 0) is 17.1 Å². The largest absolute Gasteiger partial charge is 0.259 e. The van der Waals surface area contributed by atoms with Crippen LogP contribution in [-0.4, -0.2) is 24.0 Å². The second kappa shape index (κ2) is 5.64. The van der Waals surface area contributed by atoms with Gasteiger partial charge < -0.3 is 0 Å². The summed E-state index contributed by atoms with van der Waals surface area (Å²) < 4.78 is 29.1. The number of thioether (sulfide) groups is 1. The van der Waals surface area contributed by atoms with Crippen LogP contribution in [0.3, 0.4) is 0 Å². The molecule has 21 heavy (non-hydrogen) atoms. The number of hydrogen-bond donors (Lipinski definition) is 1. The Kier molecular flexibility index (Phi) is 4.00. The van der Waals surface area contributed by atoms with Gasteiger partial charge in [0.15, 0.2) is 5.03 Å². The molecule has 3 rings (SSSR count).